The molecule has 1 aromatic rings. The van der Waals surface area contributed by atoms with E-state index in [1.165, 1.54) is 12.8 Å². The van der Waals surface area contributed by atoms with Crippen LogP contribution in [0.1, 0.15) is 38.7 Å². The zero-order valence-corrected chi connectivity index (χ0v) is 11.2. The Morgan fingerprint density at radius 1 is 1.44 bits per heavy atom. The molecule has 0 aliphatic heterocycles. The van der Waals surface area contributed by atoms with Crippen molar-refractivity contribution in [1.82, 2.24) is 5.32 Å². The van der Waals surface area contributed by atoms with Gasteiger partial charge >= 0.3 is 0 Å². The third-order valence-electron chi connectivity index (χ3n) is 4.00. The minimum absolute atomic E-state index is 0.0767. The number of anilines is 1. The Morgan fingerprint density at radius 2 is 2.17 bits per heavy atom. The van der Waals surface area contributed by atoms with Crippen molar-refractivity contribution in [1.29, 1.82) is 0 Å². The van der Waals surface area contributed by atoms with Gasteiger partial charge < -0.3 is 11.1 Å². The fourth-order valence-corrected chi connectivity index (χ4v) is 2.71. The number of hydrogen-bond donors (Lipinski definition) is 2. The molecule has 0 aromatic heterocycles. The fourth-order valence-electron chi connectivity index (χ4n) is 2.71. The van der Waals surface area contributed by atoms with Gasteiger partial charge in [0, 0.05) is 11.7 Å². The Bertz CT molecular complexity index is 440. The fraction of sp³-hybridized carbons (Fsp3) is 0.533. The summed E-state index contributed by atoms with van der Waals surface area (Å²) in [7, 11) is 0. The molecule has 1 aliphatic carbocycles. The maximum absolute atomic E-state index is 12.0. The summed E-state index contributed by atoms with van der Waals surface area (Å²) in [6.07, 6.45) is 3.85. The molecule has 0 saturated heterocycles. The van der Waals surface area contributed by atoms with Crippen molar-refractivity contribution in [3.05, 3.63) is 29.8 Å². The molecular weight excluding hydrogens is 224 g/mol. The van der Waals surface area contributed by atoms with Crippen LogP contribution >= 0.6 is 0 Å². The average Bonchev–Trinajstić information content (AvgIpc) is 2.62. The minimum atomic E-state index is 0.0767. The lowest BCUT2D eigenvalue weighted by Crippen LogP contribution is -2.42. The number of nitrogen functional groups attached to an aromatic ring is 1. The monoisotopic (exact) mass is 246 g/mol. The van der Waals surface area contributed by atoms with Crippen LogP contribution in [0.15, 0.2) is 24.3 Å². The lowest BCUT2D eigenvalue weighted by Gasteiger charge is -2.27. The molecule has 0 radical (unpaired) electrons. The summed E-state index contributed by atoms with van der Waals surface area (Å²) in [6, 6.07) is 7.85. The molecule has 3 nitrogen and oxygen atoms in total. The smallest absolute Gasteiger partial charge is 0.224 e. The van der Waals surface area contributed by atoms with Crippen LogP contribution in [0, 0.1) is 5.41 Å². The van der Waals surface area contributed by atoms with Crippen molar-refractivity contribution in [2.45, 2.75) is 45.6 Å². The van der Waals surface area contributed by atoms with E-state index in [0.717, 1.165) is 12.0 Å². The quantitative estimate of drug-likeness (QED) is 0.805. The highest BCUT2D eigenvalue weighted by atomic mass is 16.1. The highest BCUT2D eigenvalue weighted by Crippen LogP contribution is 2.37. The molecule has 1 saturated carbocycles. The number of carbonyl (C=O) groups excluding carboxylic acids is 1. The lowest BCUT2D eigenvalue weighted by atomic mass is 9.87. The number of carbonyl (C=O) groups is 1. The van der Waals surface area contributed by atoms with Gasteiger partial charge in [0.2, 0.25) is 5.91 Å². The summed E-state index contributed by atoms with van der Waals surface area (Å²) in [5.41, 5.74) is 7.67. The van der Waals surface area contributed by atoms with Crippen LogP contribution < -0.4 is 11.1 Å². The Kier molecular flexibility index (Phi) is 3.60. The molecule has 1 amide bonds. The second-order valence-electron chi connectivity index (χ2n) is 5.88. The molecular formula is C15H22N2O. The molecule has 2 rings (SSSR count). The van der Waals surface area contributed by atoms with Crippen LogP contribution in [0.3, 0.4) is 0 Å². The number of nitrogens with two attached hydrogens (primary N) is 1. The van der Waals surface area contributed by atoms with Gasteiger partial charge in [0.25, 0.3) is 0 Å². The summed E-state index contributed by atoms with van der Waals surface area (Å²) in [6.45, 7) is 4.45. The molecule has 18 heavy (non-hydrogen) atoms. The Morgan fingerprint density at radius 3 is 2.78 bits per heavy atom. The predicted octanol–water partition coefficient (Wildman–Crippen LogP) is 2.51. The first-order valence-corrected chi connectivity index (χ1v) is 6.62. The van der Waals surface area contributed by atoms with E-state index in [1.54, 1.807) is 0 Å². The van der Waals surface area contributed by atoms with Gasteiger partial charge in [0.15, 0.2) is 0 Å². The van der Waals surface area contributed by atoms with Crippen molar-refractivity contribution < 1.29 is 4.79 Å². The third-order valence-corrected chi connectivity index (χ3v) is 4.00. The van der Waals surface area contributed by atoms with Crippen molar-refractivity contribution >= 4 is 11.6 Å². The van der Waals surface area contributed by atoms with E-state index in [-0.39, 0.29) is 11.3 Å². The van der Waals surface area contributed by atoms with Crippen LogP contribution in [0.2, 0.25) is 0 Å². The van der Waals surface area contributed by atoms with Gasteiger partial charge in [-0.05, 0) is 29.9 Å². The zero-order chi connectivity index (χ0) is 13.2. The molecule has 1 aliphatic rings. The highest BCUT2D eigenvalue weighted by Gasteiger charge is 2.35. The number of amides is 1. The van der Waals surface area contributed by atoms with Crippen molar-refractivity contribution in [3.63, 3.8) is 0 Å². The molecule has 98 valence electrons. The molecule has 0 spiro atoms. The van der Waals surface area contributed by atoms with Crippen molar-refractivity contribution in [2.24, 2.45) is 5.41 Å². The van der Waals surface area contributed by atoms with Gasteiger partial charge in [0.1, 0.15) is 0 Å². The van der Waals surface area contributed by atoms with E-state index in [0.29, 0.717) is 18.2 Å². The van der Waals surface area contributed by atoms with Crippen LogP contribution in [-0.4, -0.2) is 11.9 Å². The third kappa shape index (κ3) is 2.84. The van der Waals surface area contributed by atoms with Gasteiger partial charge in [-0.15, -0.1) is 0 Å². The summed E-state index contributed by atoms with van der Waals surface area (Å²) in [4.78, 5) is 12.0. The zero-order valence-electron chi connectivity index (χ0n) is 11.2. The van der Waals surface area contributed by atoms with Crippen LogP contribution in [0.5, 0.6) is 0 Å². The molecule has 0 bridgehead atoms. The molecule has 3 N–H and O–H groups in total. The number of nitrogens with one attached hydrogen (secondary N) is 1. The number of benzene rings is 1. The number of rotatable bonds is 3. The Labute approximate surface area is 109 Å². The summed E-state index contributed by atoms with van der Waals surface area (Å²) >= 11 is 0. The topological polar surface area (TPSA) is 55.1 Å². The largest absolute Gasteiger partial charge is 0.398 e. The molecule has 3 heteroatoms. The molecule has 1 aromatic carbocycles. The van der Waals surface area contributed by atoms with Gasteiger partial charge in [-0.25, -0.2) is 0 Å². The Hall–Kier alpha value is -1.51. The second kappa shape index (κ2) is 5.01. The van der Waals surface area contributed by atoms with Crippen LogP contribution in [0.4, 0.5) is 5.69 Å². The Balaban J connectivity index is 1.95. The number of para-hydroxylation sites is 1. The summed E-state index contributed by atoms with van der Waals surface area (Å²) in [5.74, 6) is 0.0767. The second-order valence-corrected chi connectivity index (χ2v) is 5.88. The first kappa shape index (κ1) is 12.9. The lowest BCUT2D eigenvalue weighted by molar-refractivity contribution is -0.121. The van der Waals surface area contributed by atoms with E-state index in [1.807, 2.05) is 24.3 Å². The van der Waals surface area contributed by atoms with E-state index in [4.69, 9.17) is 5.73 Å². The average molecular weight is 246 g/mol. The minimum Gasteiger partial charge on any atom is -0.398 e. The predicted molar refractivity (Wildman–Crippen MR) is 74.1 cm³/mol. The maximum atomic E-state index is 12.0. The van der Waals surface area contributed by atoms with E-state index < -0.39 is 0 Å². The van der Waals surface area contributed by atoms with E-state index in [9.17, 15) is 4.79 Å². The highest BCUT2D eigenvalue weighted by molar-refractivity contribution is 5.80. The summed E-state index contributed by atoms with van der Waals surface area (Å²) < 4.78 is 0. The maximum Gasteiger partial charge on any atom is 0.224 e. The van der Waals surface area contributed by atoms with Crippen LogP contribution in [-0.2, 0) is 11.2 Å². The summed E-state index contributed by atoms with van der Waals surface area (Å²) in [5, 5.41) is 3.15. The standard InChI is InChI=1S/C15H22N2O/c1-15(2)9-5-8-13(15)17-14(18)10-11-6-3-4-7-12(11)16/h3-4,6-7,13H,5,8-10,16H2,1-2H3,(H,17,18). The first-order valence-electron chi connectivity index (χ1n) is 6.62. The van der Waals surface area contributed by atoms with E-state index >= 15 is 0 Å². The van der Waals surface area contributed by atoms with Crippen molar-refractivity contribution in [2.75, 3.05) is 5.73 Å². The first-order chi connectivity index (χ1) is 8.49. The van der Waals surface area contributed by atoms with Gasteiger partial charge in [-0.2, -0.15) is 0 Å². The molecule has 0 heterocycles. The normalized spacial score (nSPS) is 21.8. The number of hydrogen-bond acceptors (Lipinski definition) is 2. The molecule has 1 unspecified atom stereocenters. The molecule has 1 atom stereocenters. The SMILES string of the molecule is CC1(C)CCCC1NC(=O)Cc1ccccc1N. The van der Waals surface area contributed by atoms with Gasteiger partial charge in [-0.3, -0.25) is 4.79 Å². The van der Waals surface area contributed by atoms with Crippen LogP contribution in [0.25, 0.3) is 0 Å². The van der Waals surface area contributed by atoms with Gasteiger partial charge in [-0.1, -0.05) is 38.5 Å². The molecule has 1 fully saturated rings. The van der Waals surface area contributed by atoms with Gasteiger partial charge in [0.05, 0.1) is 6.42 Å². The van der Waals surface area contributed by atoms with Crippen molar-refractivity contribution in [3.8, 4) is 0 Å². The van der Waals surface area contributed by atoms with E-state index in [2.05, 4.69) is 19.2 Å².